The molecule has 0 aliphatic carbocycles. The predicted molar refractivity (Wildman–Crippen MR) is 118 cm³/mol. The third-order valence-electron chi connectivity index (χ3n) is 5.93. The van der Waals surface area contributed by atoms with Crippen molar-refractivity contribution in [3.8, 4) is 5.75 Å². The predicted octanol–water partition coefficient (Wildman–Crippen LogP) is 3.09. The van der Waals surface area contributed by atoms with Gasteiger partial charge in [0.2, 0.25) is 0 Å². The highest BCUT2D eigenvalue weighted by Gasteiger charge is 2.33. The van der Waals surface area contributed by atoms with Gasteiger partial charge in [0, 0.05) is 25.2 Å². The number of anilines is 1. The minimum Gasteiger partial charge on any atom is -0.495 e. The fourth-order valence-corrected chi connectivity index (χ4v) is 5.94. The van der Waals surface area contributed by atoms with Gasteiger partial charge in [0.05, 0.1) is 25.5 Å². The summed E-state index contributed by atoms with van der Waals surface area (Å²) in [5, 5.41) is 0. The molecular formula is C23H28N2O5S. The number of ether oxygens (including phenoxy) is 2. The molecule has 0 bridgehead atoms. The number of aryl methyl sites for hydroxylation is 1. The number of para-hydroxylation sites is 1. The molecule has 166 valence electrons. The number of morpholine rings is 1. The topological polar surface area (TPSA) is 76.2 Å². The molecule has 4 rings (SSSR count). The lowest BCUT2D eigenvalue weighted by Crippen LogP contribution is -2.45. The number of fused-ring (bicyclic) bond motifs is 1. The van der Waals surface area contributed by atoms with E-state index in [1.807, 2.05) is 31.2 Å². The highest BCUT2D eigenvalue weighted by atomic mass is 32.2. The van der Waals surface area contributed by atoms with Crippen molar-refractivity contribution in [1.29, 1.82) is 0 Å². The Morgan fingerprint density at radius 1 is 1.19 bits per heavy atom. The average Bonchev–Trinajstić information content (AvgIpc) is 2.82. The van der Waals surface area contributed by atoms with Crippen LogP contribution in [0.1, 0.15) is 35.7 Å². The molecule has 1 amide bonds. The molecule has 2 aromatic carbocycles. The maximum atomic E-state index is 13.7. The molecular weight excluding hydrogens is 416 g/mol. The Labute approximate surface area is 183 Å². The quantitative estimate of drug-likeness (QED) is 0.708. The van der Waals surface area contributed by atoms with E-state index >= 15 is 0 Å². The van der Waals surface area contributed by atoms with Crippen molar-refractivity contribution in [2.24, 2.45) is 0 Å². The first kappa shape index (κ1) is 21.6. The molecule has 0 spiro atoms. The van der Waals surface area contributed by atoms with Gasteiger partial charge in [-0.3, -0.25) is 9.10 Å². The van der Waals surface area contributed by atoms with E-state index in [9.17, 15) is 13.2 Å². The zero-order valence-electron chi connectivity index (χ0n) is 17.9. The van der Waals surface area contributed by atoms with Crippen LogP contribution >= 0.6 is 0 Å². The van der Waals surface area contributed by atoms with Crippen LogP contribution in [0.2, 0.25) is 0 Å². The van der Waals surface area contributed by atoms with Gasteiger partial charge in [-0.25, -0.2) is 8.42 Å². The fraction of sp³-hybridized carbons (Fsp3) is 0.435. The number of benzene rings is 2. The van der Waals surface area contributed by atoms with Crippen molar-refractivity contribution < 1.29 is 22.7 Å². The number of nitrogens with zero attached hydrogens (tertiary/aromatic N) is 2. The van der Waals surface area contributed by atoms with E-state index in [2.05, 4.69) is 0 Å². The van der Waals surface area contributed by atoms with Crippen LogP contribution in [0.15, 0.2) is 47.4 Å². The molecule has 8 heteroatoms. The number of hydrogen-bond acceptors (Lipinski definition) is 5. The van der Waals surface area contributed by atoms with E-state index < -0.39 is 10.0 Å². The van der Waals surface area contributed by atoms with Crippen molar-refractivity contribution in [3.05, 3.63) is 53.6 Å². The summed E-state index contributed by atoms with van der Waals surface area (Å²) in [5.74, 6) is 0.0351. The molecule has 1 fully saturated rings. The summed E-state index contributed by atoms with van der Waals surface area (Å²) < 4.78 is 39.8. The lowest BCUT2D eigenvalue weighted by molar-refractivity contribution is -0.0226. The number of carbonyl (C=O) groups is 1. The van der Waals surface area contributed by atoms with Crippen LogP contribution in [0.5, 0.6) is 5.75 Å². The fourth-order valence-electron chi connectivity index (χ4n) is 4.21. The van der Waals surface area contributed by atoms with E-state index in [1.54, 1.807) is 17.0 Å². The second kappa shape index (κ2) is 8.88. The third-order valence-corrected chi connectivity index (χ3v) is 7.76. The minimum absolute atomic E-state index is 0.00371. The van der Waals surface area contributed by atoms with Crippen LogP contribution < -0.4 is 9.04 Å². The molecule has 0 radical (unpaired) electrons. The van der Waals surface area contributed by atoms with Crippen LogP contribution in [0.25, 0.3) is 0 Å². The summed E-state index contributed by atoms with van der Waals surface area (Å²) in [6.07, 6.45) is 2.40. The zero-order valence-corrected chi connectivity index (χ0v) is 18.7. The maximum Gasteiger partial charge on any atom is 0.268 e. The monoisotopic (exact) mass is 444 g/mol. The molecule has 2 aliphatic heterocycles. The summed E-state index contributed by atoms with van der Waals surface area (Å²) in [5.41, 5.74) is 2.02. The SMILES string of the molecule is CC[C@H]1CN(C(=O)c2ccc(OC)c(S(=O)(=O)N3CCCc4ccccc43)c2)CCO1. The van der Waals surface area contributed by atoms with E-state index in [1.165, 1.54) is 17.5 Å². The Balaban J connectivity index is 1.71. The van der Waals surface area contributed by atoms with Crippen molar-refractivity contribution in [1.82, 2.24) is 4.90 Å². The maximum absolute atomic E-state index is 13.7. The van der Waals surface area contributed by atoms with Gasteiger partial charge >= 0.3 is 0 Å². The van der Waals surface area contributed by atoms with Crippen molar-refractivity contribution in [3.63, 3.8) is 0 Å². The molecule has 0 unspecified atom stereocenters. The Morgan fingerprint density at radius 3 is 2.77 bits per heavy atom. The first-order chi connectivity index (χ1) is 15.0. The lowest BCUT2D eigenvalue weighted by atomic mass is 10.0. The third kappa shape index (κ3) is 4.14. The number of carbonyl (C=O) groups excluding carboxylic acids is 1. The molecule has 2 aliphatic rings. The van der Waals surface area contributed by atoms with Gasteiger partial charge in [-0.15, -0.1) is 0 Å². The number of sulfonamides is 1. The molecule has 1 atom stereocenters. The van der Waals surface area contributed by atoms with E-state index in [0.717, 1.165) is 24.8 Å². The van der Waals surface area contributed by atoms with Gasteiger partial charge in [-0.1, -0.05) is 25.1 Å². The summed E-state index contributed by atoms with van der Waals surface area (Å²) >= 11 is 0. The zero-order chi connectivity index (χ0) is 22.0. The van der Waals surface area contributed by atoms with Crippen LogP contribution in [-0.4, -0.2) is 58.7 Å². The van der Waals surface area contributed by atoms with Gasteiger partial charge in [-0.05, 0) is 49.1 Å². The van der Waals surface area contributed by atoms with Crippen LogP contribution in [0.4, 0.5) is 5.69 Å². The Hall–Kier alpha value is -2.58. The number of rotatable bonds is 5. The molecule has 31 heavy (non-hydrogen) atoms. The molecule has 2 heterocycles. The summed E-state index contributed by atoms with van der Waals surface area (Å²) in [6, 6.07) is 12.2. The molecule has 0 aromatic heterocycles. The Bertz CT molecular complexity index is 1070. The van der Waals surface area contributed by atoms with Gasteiger partial charge in [-0.2, -0.15) is 0 Å². The summed E-state index contributed by atoms with van der Waals surface area (Å²) in [7, 11) is -2.47. The molecule has 0 N–H and O–H groups in total. The second-order valence-electron chi connectivity index (χ2n) is 7.83. The number of amides is 1. The standard InChI is InChI=1S/C23H28N2O5S/c1-3-19-16-24(13-14-30-19)23(26)18-10-11-21(29-2)22(15-18)31(27,28)25-12-6-8-17-7-4-5-9-20(17)25/h4-5,7,9-11,15,19H,3,6,8,12-14,16H2,1-2H3/t19-/m0/s1. The highest BCUT2D eigenvalue weighted by molar-refractivity contribution is 7.93. The normalized spacial score (nSPS) is 19.1. The van der Waals surface area contributed by atoms with Crippen molar-refractivity contribution in [2.45, 2.75) is 37.2 Å². The van der Waals surface area contributed by atoms with Gasteiger partial charge in [0.15, 0.2) is 0 Å². The van der Waals surface area contributed by atoms with E-state index in [0.29, 0.717) is 37.5 Å². The highest BCUT2D eigenvalue weighted by Crippen LogP contribution is 2.35. The smallest absolute Gasteiger partial charge is 0.268 e. The summed E-state index contributed by atoms with van der Waals surface area (Å²) in [6.45, 7) is 3.89. The van der Waals surface area contributed by atoms with Gasteiger partial charge in [0.25, 0.3) is 15.9 Å². The van der Waals surface area contributed by atoms with Crippen LogP contribution in [0.3, 0.4) is 0 Å². The van der Waals surface area contributed by atoms with Crippen LogP contribution in [0, 0.1) is 0 Å². The molecule has 7 nitrogen and oxygen atoms in total. The first-order valence-corrected chi connectivity index (χ1v) is 12.1. The van der Waals surface area contributed by atoms with Crippen molar-refractivity contribution >= 4 is 21.6 Å². The Kier molecular flexibility index (Phi) is 6.20. The minimum atomic E-state index is -3.91. The Morgan fingerprint density at radius 2 is 2.00 bits per heavy atom. The van der Waals surface area contributed by atoms with Crippen LogP contribution in [-0.2, 0) is 21.2 Å². The van der Waals surface area contributed by atoms with E-state index in [-0.39, 0.29) is 22.7 Å². The molecule has 2 aromatic rings. The number of methoxy groups -OCH3 is 1. The van der Waals surface area contributed by atoms with Gasteiger partial charge < -0.3 is 14.4 Å². The largest absolute Gasteiger partial charge is 0.495 e. The first-order valence-electron chi connectivity index (χ1n) is 10.6. The molecule has 1 saturated heterocycles. The summed E-state index contributed by atoms with van der Waals surface area (Å²) in [4.78, 5) is 14.9. The second-order valence-corrected chi connectivity index (χ2v) is 9.66. The van der Waals surface area contributed by atoms with Crippen molar-refractivity contribution in [2.75, 3.05) is 37.7 Å². The molecule has 0 saturated carbocycles. The number of hydrogen-bond donors (Lipinski definition) is 0. The van der Waals surface area contributed by atoms with Gasteiger partial charge in [0.1, 0.15) is 10.6 Å². The average molecular weight is 445 g/mol. The lowest BCUT2D eigenvalue weighted by Gasteiger charge is -2.33. The van der Waals surface area contributed by atoms with E-state index in [4.69, 9.17) is 9.47 Å².